The van der Waals surface area contributed by atoms with Crippen molar-refractivity contribution in [1.29, 1.82) is 0 Å². The number of aromatic amines is 1. The lowest BCUT2D eigenvalue weighted by molar-refractivity contribution is 0.0728. The molecular formula is C15H14N2O2. The molecule has 19 heavy (non-hydrogen) atoms. The fourth-order valence-corrected chi connectivity index (χ4v) is 2.41. The highest BCUT2D eigenvalue weighted by molar-refractivity contribution is 5.92. The summed E-state index contributed by atoms with van der Waals surface area (Å²) in [5.74, 6) is -0.118. The second-order valence-corrected chi connectivity index (χ2v) is 4.68. The maximum atomic E-state index is 12.3. The van der Waals surface area contributed by atoms with Gasteiger partial charge in [0.1, 0.15) is 5.69 Å². The largest absolute Gasteiger partial charge is 0.357 e. The summed E-state index contributed by atoms with van der Waals surface area (Å²) >= 11 is 0. The standard InChI is InChI=1S/C15H14N2O2/c18-13-5-7-16-14(9-13)15(19)17-8-6-11-3-1-2-4-12(11)10-17/h1-5,7,9H,6,8,10H2,(H,16,18). The van der Waals surface area contributed by atoms with Crippen LogP contribution >= 0.6 is 0 Å². The van der Waals surface area contributed by atoms with Crippen LogP contribution in [0, 0.1) is 0 Å². The average molecular weight is 254 g/mol. The molecule has 0 unspecified atom stereocenters. The van der Waals surface area contributed by atoms with Crippen molar-refractivity contribution in [3.63, 3.8) is 0 Å². The van der Waals surface area contributed by atoms with Crippen LogP contribution in [0.4, 0.5) is 0 Å². The van der Waals surface area contributed by atoms with Crippen molar-refractivity contribution < 1.29 is 4.79 Å². The fourth-order valence-electron chi connectivity index (χ4n) is 2.41. The van der Waals surface area contributed by atoms with Crippen molar-refractivity contribution in [2.45, 2.75) is 13.0 Å². The number of hydrogen-bond donors (Lipinski definition) is 1. The summed E-state index contributed by atoms with van der Waals surface area (Å²) in [5, 5.41) is 0. The van der Waals surface area contributed by atoms with Gasteiger partial charge < -0.3 is 9.88 Å². The van der Waals surface area contributed by atoms with Gasteiger partial charge in [0.25, 0.3) is 5.91 Å². The Morgan fingerprint density at radius 3 is 2.74 bits per heavy atom. The Labute approximate surface area is 110 Å². The molecule has 1 aliphatic rings. The molecule has 1 aromatic heterocycles. The summed E-state index contributed by atoms with van der Waals surface area (Å²) in [6.45, 7) is 1.29. The van der Waals surface area contributed by atoms with Crippen LogP contribution in [0.3, 0.4) is 0 Å². The van der Waals surface area contributed by atoms with Gasteiger partial charge in [-0.05, 0) is 17.5 Å². The molecule has 0 radical (unpaired) electrons. The van der Waals surface area contributed by atoms with E-state index in [9.17, 15) is 9.59 Å². The average Bonchev–Trinajstić information content (AvgIpc) is 2.46. The number of benzene rings is 1. The number of pyridine rings is 1. The molecule has 4 heteroatoms. The first-order valence-corrected chi connectivity index (χ1v) is 6.29. The molecule has 0 aliphatic carbocycles. The first-order valence-electron chi connectivity index (χ1n) is 6.29. The topological polar surface area (TPSA) is 53.2 Å². The van der Waals surface area contributed by atoms with Crippen LogP contribution in [0.5, 0.6) is 0 Å². The smallest absolute Gasteiger partial charge is 0.270 e. The Morgan fingerprint density at radius 2 is 1.95 bits per heavy atom. The molecule has 1 aliphatic heterocycles. The molecule has 0 bridgehead atoms. The van der Waals surface area contributed by atoms with E-state index in [2.05, 4.69) is 11.1 Å². The minimum absolute atomic E-state index is 0.118. The molecular weight excluding hydrogens is 240 g/mol. The molecule has 96 valence electrons. The molecule has 2 heterocycles. The molecule has 4 nitrogen and oxygen atoms in total. The Kier molecular flexibility index (Phi) is 2.91. The van der Waals surface area contributed by atoms with E-state index in [1.165, 1.54) is 29.5 Å². The van der Waals surface area contributed by atoms with Crippen LogP contribution in [0.1, 0.15) is 21.6 Å². The highest BCUT2D eigenvalue weighted by Crippen LogP contribution is 2.19. The molecule has 0 fully saturated rings. The molecule has 0 spiro atoms. The van der Waals surface area contributed by atoms with Gasteiger partial charge in [-0.15, -0.1) is 0 Å². The summed E-state index contributed by atoms with van der Waals surface area (Å²) in [7, 11) is 0. The SMILES string of the molecule is O=C(c1cc(=O)cc[nH]1)N1CCc2ccccc2C1. The fraction of sp³-hybridized carbons (Fsp3) is 0.200. The van der Waals surface area contributed by atoms with E-state index in [0.29, 0.717) is 18.8 Å². The molecule has 0 saturated heterocycles. The quantitative estimate of drug-likeness (QED) is 0.840. The summed E-state index contributed by atoms with van der Waals surface area (Å²) in [4.78, 5) is 28.2. The van der Waals surface area contributed by atoms with Gasteiger partial charge in [0, 0.05) is 31.4 Å². The Balaban J connectivity index is 1.85. The molecule has 2 aromatic rings. The van der Waals surface area contributed by atoms with Crippen molar-refractivity contribution in [3.05, 3.63) is 69.6 Å². The summed E-state index contributed by atoms with van der Waals surface area (Å²) < 4.78 is 0. The number of carbonyl (C=O) groups is 1. The van der Waals surface area contributed by atoms with E-state index in [1.807, 2.05) is 18.2 Å². The number of carbonyl (C=O) groups excluding carboxylic acids is 1. The zero-order valence-corrected chi connectivity index (χ0v) is 10.4. The first kappa shape index (κ1) is 11.7. The summed E-state index contributed by atoms with van der Waals surface area (Å²) in [6.07, 6.45) is 2.37. The van der Waals surface area contributed by atoms with Crippen LogP contribution in [0.15, 0.2) is 47.4 Å². The number of aromatic nitrogens is 1. The van der Waals surface area contributed by atoms with Gasteiger partial charge in [0.05, 0.1) is 0 Å². The van der Waals surface area contributed by atoms with Gasteiger partial charge in [-0.2, -0.15) is 0 Å². The summed E-state index contributed by atoms with van der Waals surface area (Å²) in [5.41, 5.74) is 2.68. The van der Waals surface area contributed by atoms with Gasteiger partial charge in [0.15, 0.2) is 5.43 Å². The molecule has 1 aromatic carbocycles. The van der Waals surface area contributed by atoms with Gasteiger partial charge in [-0.25, -0.2) is 0 Å². The van der Waals surface area contributed by atoms with Crippen molar-refractivity contribution in [2.75, 3.05) is 6.54 Å². The van der Waals surface area contributed by atoms with E-state index in [-0.39, 0.29) is 11.3 Å². The molecule has 1 N–H and O–H groups in total. The Hall–Kier alpha value is -2.36. The number of amides is 1. The third-order valence-electron chi connectivity index (χ3n) is 3.42. The van der Waals surface area contributed by atoms with Crippen LogP contribution in [-0.4, -0.2) is 22.3 Å². The predicted molar refractivity (Wildman–Crippen MR) is 71.9 cm³/mol. The highest BCUT2D eigenvalue weighted by atomic mass is 16.2. The molecule has 0 atom stereocenters. The van der Waals surface area contributed by atoms with Crippen molar-refractivity contribution >= 4 is 5.91 Å². The van der Waals surface area contributed by atoms with Gasteiger partial charge in [0.2, 0.25) is 0 Å². The maximum absolute atomic E-state index is 12.3. The minimum Gasteiger partial charge on any atom is -0.357 e. The van der Waals surface area contributed by atoms with Crippen molar-refractivity contribution in [3.8, 4) is 0 Å². The highest BCUT2D eigenvalue weighted by Gasteiger charge is 2.21. The third-order valence-corrected chi connectivity index (χ3v) is 3.42. The zero-order chi connectivity index (χ0) is 13.2. The Morgan fingerprint density at radius 1 is 1.16 bits per heavy atom. The lowest BCUT2D eigenvalue weighted by Crippen LogP contribution is -2.36. The van der Waals surface area contributed by atoms with Crippen LogP contribution in [-0.2, 0) is 13.0 Å². The monoisotopic (exact) mass is 254 g/mol. The summed E-state index contributed by atoms with van der Waals surface area (Å²) in [6, 6.07) is 10.9. The van der Waals surface area contributed by atoms with E-state index in [1.54, 1.807) is 4.90 Å². The van der Waals surface area contributed by atoms with Crippen LogP contribution in [0.2, 0.25) is 0 Å². The lowest BCUT2D eigenvalue weighted by atomic mass is 10.00. The molecule has 3 rings (SSSR count). The van der Waals surface area contributed by atoms with Crippen LogP contribution in [0.25, 0.3) is 0 Å². The zero-order valence-electron chi connectivity index (χ0n) is 10.4. The number of H-pyrrole nitrogens is 1. The van der Waals surface area contributed by atoms with E-state index < -0.39 is 0 Å². The Bertz CT molecular complexity index is 676. The molecule has 1 amide bonds. The van der Waals surface area contributed by atoms with Gasteiger partial charge >= 0.3 is 0 Å². The maximum Gasteiger partial charge on any atom is 0.270 e. The second-order valence-electron chi connectivity index (χ2n) is 4.68. The van der Waals surface area contributed by atoms with Gasteiger partial charge in [-0.1, -0.05) is 24.3 Å². The number of fused-ring (bicyclic) bond motifs is 1. The second kappa shape index (κ2) is 4.72. The number of nitrogens with zero attached hydrogens (tertiary/aromatic N) is 1. The first-order chi connectivity index (χ1) is 9.24. The number of hydrogen-bond acceptors (Lipinski definition) is 2. The van der Waals surface area contributed by atoms with E-state index in [0.717, 1.165) is 6.42 Å². The van der Waals surface area contributed by atoms with Crippen molar-refractivity contribution in [1.82, 2.24) is 9.88 Å². The van der Waals surface area contributed by atoms with E-state index in [4.69, 9.17) is 0 Å². The molecule has 0 saturated carbocycles. The number of nitrogens with one attached hydrogen (secondary N) is 1. The minimum atomic E-state index is -0.153. The van der Waals surface area contributed by atoms with Gasteiger partial charge in [-0.3, -0.25) is 9.59 Å². The van der Waals surface area contributed by atoms with Crippen molar-refractivity contribution in [2.24, 2.45) is 0 Å². The normalized spacial score (nSPS) is 14.0. The predicted octanol–water partition coefficient (Wildman–Crippen LogP) is 1.57. The van der Waals surface area contributed by atoms with Crippen LogP contribution < -0.4 is 5.43 Å². The number of rotatable bonds is 1. The lowest BCUT2D eigenvalue weighted by Gasteiger charge is -2.28. The third kappa shape index (κ3) is 2.29. The van der Waals surface area contributed by atoms with E-state index >= 15 is 0 Å².